The SMILES string of the molecule is C[C@@H](N)C(=O)[As](C(=O)CCl)C(=O)[C@@H]1CCCN1. The summed E-state index contributed by atoms with van der Waals surface area (Å²) in [7, 11) is 0. The van der Waals surface area contributed by atoms with E-state index in [2.05, 4.69) is 5.32 Å². The zero-order valence-electron chi connectivity index (χ0n) is 9.61. The van der Waals surface area contributed by atoms with Crippen LogP contribution in [0.15, 0.2) is 0 Å². The fourth-order valence-electron chi connectivity index (χ4n) is 1.67. The van der Waals surface area contributed by atoms with Crippen molar-refractivity contribution in [1.82, 2.24) is 5.32 Å². The van der Waals surface area contributed by atoms with Gasteiger partial charge in [0.05, 0.1) is 0 Å². The Morgan fingerprint density at radius 2 is 2.18 bits per heavy atom. The van der Waals surface area contributed by atoms with Crippen LogP contribution in [-0.2, 0) is 14.4 Å². The van der Waals surface area contributed by atoms with Crippen LogP contribution in [0.4, 0.5) is 0 Å². The van der Waals surface area contributed by atoms with Gasteiger partial charge in [0.1, 0.15) is 0 Å². The average molecular weight is 323 g/mol. The third kappa shape index (κ3) is 3.62. The van der Waals surface area contributed by atoms with Crippen molar-refractivity contribution in [3.8, 4) is 0 Å². The van der Waals surface area contributed by atoms with Gasteiger partial charge in [-0.05, 0) is 0 Å². The first kappa shape index (κ1) is 14.8. The Morgan fingerprint density at radius 3 is 2.59 bits per heavy atom. The zero-order chi connectivity index (χ0) is 13.0. The third-order valence-corrected chi connectivity index (χ3v) is 7.94. The van der Waals surface area contributed by atoms with Crippen molar-refractivity contribution in [3.05, 3.63) is 0 Å². The van der Waals surface area contributed by atoms with Crippen molar-refractivity contribution >= 4 is 40.0 Å². The first-order valence-electron chi connectivity index (χ1n) is 5.44. The number of carbonyl (C=O) groups excluding carboxylic acids is 3. The molecule has 0 aromatic rings. The topological polar surface area (TPSA) is 89.3 Å². The average Bonchev–Trinajstić information content (AvgIpc) is 2.81. The van der Waals surface area contributed by atoms with Crippen LogP contribution in [0.25, 0.3) is 0 Å². The quantitative estimate of drug-likeness (QED) is 0.491. The molecule has 5 nitrogen and oxygen atoms in total. The monoisotopic (exact) mass is 322 g/mol. The Balaban J connectivity index is 2.85. The van der Waals surface area contributed by atoms with Gasteiger partial charge in [-0.15, -0.1) is 0 Å². The van der Waals surface area contributed by atoms with Gasteiger partial charge < -0.3 is 0 Å². The molecule has 0 aromatic heterocycles. The minimum absolute atomic E-state index is 0.247. The third-order valence-electron chi connectivity index (χ3n) is 2.55. The molecule has 3 atom stereocenters. The van der Waals surface area contributed by atoms with E-state index >= 15 is 0 Å². The zero-order valence-corrected chi connectivity index (χ0v) is 12.2. The van der Waals surface area contributed by atoms with Gasteiger partial charge in [0, 0.05) is 0 Å². The van der Waals surface area contributed by atoms with Crippen LogP contribution in [0, 0.1) is 0 Å². The fraction of sp³-hybridized carbons (Fsp3) is 0.700. The van der Waals surface area contributed by atoms with E-state index in [0.29, 0.717) is 6.42 Å². The molecule has 17 heavy (non-hydrogen) atoms. The van der Waals surface area contributed by atoms with Crippen molar-refractivity contribution in [2.75, 3.05) is 12.4 Å². The van der Waals surface area contributed by atoms with E-state index < -0.39 is 29.8 Å². The summed E-state index contributed by atoms with van der Waals surface area (Å²) in [6, 6.07) is -1.13. The molecule has 1 aliphatic heterocycles. The second-order valence-corrected chi connectivity index (χ2v) is 8.55. The Hall–Kier alpha value is -0.222. The number of halogens is 1. The number of alkyl halides is 1. The normalized spacial score (nSPS) is 23.1. The van der Waals surface area contributed by atoms with Gasteiger partial charge in [-0.2, -0.15) is 0 Å². The summed E-state index contributed by atoms with van der Waals surface area (Å²) in [5, 5.41) is 3.01. The Morgan fingerprint density at radius 1 is 1.53 bits per heavy atom. The second-order valence-electron chi connectivity index (χ2n) is 3.98. The van der Waals surface area contributed by atoms with E-state index in [1.54, 1.807) is 0 Å². The number of hydrogen-bond donors (Lipinski definition) is 2. The van der Waals surface area contributed by atoms with Crippen molar-refractivity contribution < 1.29 is 14.4 Å². The molecular weight excluding hydrogens is 306 g/mol. The summed E-state index contributed by atoms with van der Waals surface area (Å²) in [6.45, 7) is 2.25. The molecule has 1 unspecified atom stereocenters. The molecule has 1 heterocycles. The molecule has 0 aromatic carbocycles. The molecule has 0 aliphatic carbocycles. The summed E-state index contributed by atoms with van der Waals surface area (Å²) in [4.78, 5) is 35.7. The molecule has 0 bridgehead atoms. The second kappa shape index (κ2) is 6.64. The first-order chi connectivity index (χ1) is 7.99. The number of hydrogen-bond acceptors (Lipinski definition) is 5. The van der Waals surface area contributed by atoms with Gasteiger partial charge in [-0.3, -0.25) is 0 Å². The predicted octanol–water partition coefficient (Wildman–Crippen LogP) is -0.856. The van der Waals surface area contributed by atoms with Crippen LogP contribution in [0.3, 0.4) is 0 Å². The van der Waals surface area contributed by atoms with E-state index in [1.807, 2.05) is 0 Å². The summed E-state index contributed by atoms with van der Waals surface area (Å²) in [5.74, 6) is -0.281. The molecule has 96 valence electrons. The molecule has 0 spiro atoms. The molecular formula is C10H16AsClN2O3. The number of nitrogens with two attached hydrogens (primary N) is 1. The number of rotatable bonds is 6. The molecule has 1 aliphatic rings. The van der Waals surface area contributed by atoms with Gasteiger partial charge in [0.25, 0.3) is 0 Å². The van der Waals surface area contributed by atoms with Gasteiger partial charge in [0.2, 0.25) is 0 Å². The summed E-state index contributed by atoms with van der Waals surface area (Å²) in [6.07, 6.45) is 1.58. The van der Waals surface area contributed by atoms with E-state index in [1.165, 1.54) is 6.92 Å². The number of nitrogens with one attached hydrogen (secondary N) is 1. The summed E-state index contributed by atoms with van der Waals surface area (Å²) in [5.41, 5.74) is 5.48. The minimum atomic E-state index is -2.94. The molecule has 0 amide bonds. The van der Waals surface area contributed by atoms with Crippen molar-refractivity contribution in [1.29, 1.82) is 0 Å². The maximum absolute atomic E-state index is 12.1. The number of carbonyl (C=O) groups is 3. The van der Waals surface area contributed by atoms with E-state index in [0.717, 1.165) is 13.0 Å². The maximum atomic E-state index is 12.1. The molecule has 1 rings (SSSR count). The van der Waals surface area contributed by atoms with Gasteiger partial charge in [-0.1, -0.05) is 0 Å². The van der Waals surface area contributed by atoms with Crippen LogP contribution in [0.1, 0.15) is 19.8 Å². The van der Waals surface area contributed by atoms with Crippen LogP contribution in [0.2, 0.25) is 0 Å². The van der Waals surface area contributed by atoms with E-state index in [9.17, 15) is 14.4 Å². The van der Waals surface area contributed by atoms with Crippen molar-refractivity contribution in [2.45, 2.75) is 31.8 Å². The van der Waals surface area contributed by atoms with E-state index in [-0.39, 0.29) is 16.5 Å². The molecule has 7 heteroatoms. The molecule has 3 N–H and O–H groups in total. The van der Waals surface area contributed by atoms with Gasteiger partial charge in [-0.25, -0.2) is 0 Å². The fourth-order valence-corrected chi connectivity index (χ4v) is 6.00. The predicted molar refractivity (Wildman–Crippen MR) is 66.2 cm³/mol. The first-order valence-corrected chi connectivity index (χ1v) is 8.79. The standard InChI is InChI=1S/C10H16AsClN2O3/c1-6(13)9(16)11(8(15)5-12)10(17)7-3-2-4-14-7/h6-7,14H,2-5,13H2,1H3/t6-,7+,11?/m1/s1. The van der Waals surface area contributed by atoms with Crippen LogP contribution in [0.5, 0.6) is 0 Å². The summed E-state index contributed by atoms with van der Waals surface area (Å²) < 4.78 is -1.06. The molecule has 1 fully saturated rings. The Labute approximate surface area is 110 Å². The Kier molecular flexibility index (Phi) is 5.80. The van der Waals surface area contributed by atoms with Crippen molar-refractivity contribution in [3.63, 3.8) is 0 Å². The van der Waals surface area contributed by atoms with Crippen molar-refractivity contribution in [2.24, 2.45) is 5.73 Å². The van der Waals surface area contributed by atoms with Gasteiger partial charge >= 0.3 is 110 Å². The Bertz CT molecular complexity index is 330. The van der Waals surface area contributed by atoms with E-state index in [4.69, 9.17) is 17.3 Å². The summed E-state index contributed by atoms with van der Waals surface area (Å²) >= 11 is 2.53. The van der Waals surface area contributed by atoms with Crippen LogP contribution < -0.4 is 11.1 Å². The molecule has 1 saturated heterocycles. The van der Waals surface area contributed by atoms with Crippen LogP contribution in [-0.4, -0.2) is 52.9 Å². The van der Waals surface area contributed by atoms with Gasteiger partial charge in [0.15, 0.2) is 0 Å². The molecule has 0 radical (unpaired) electrons. The van der Waals surface area contributed by atoms with Crippen LogP contribution >= 0.6 is 11.6 Å². The molecule has 0 saturated carbocycles.